The van der Waals surface area contributed by atoms with E-state index in [-0.39, 0.29) is 59.5 Å². The predicted octanol–water partition coefficient (Wildman–Crippen LogP) is 7.61. The maximum absolute atomic E-state index is 14.2. The van der Waals surface area contributed by atoms with Crippen LogP contribution in [0.25, 0.3) is 0 Å². The number of amides is 3. The van der Waals surface area contributed by atoms with E-state index in [0.717, 1.165) is 92.8 Å². The van der Waals surface area contributed by atoms with E-state index in [1.807, 2.05) is 30.9 Å². The van der Waals surface area contributed by atoms with Crippen molar-refractivity contribution in [2.24, 2.45) is 11.8 Å². The van der Waals surface area contributed by atoms with Crippen LogP contribution in [0.3, 0.4) is 0 Å². The van der Waals surface area contributed by atoms with Crippen molar-refractivity contribution in [3.8, 4) is 0 Å². The number of carbonyl (C=O) groups is 3. The maximum Gasteiger partial charge on any atom is 0.410 e. The fourth-order valence-corrected chi connectivity index (χ4v) is 11.9. The minimum Gasteiger partial charge on any atom is -0.450 e. The summed E-state index contributed by atoms with van der Waals surface area (Å²) in [4.78, 5) is 54.5. The zero-order valence-electron chi connectivity index (χ0n) is 35.0. The molecular weight excluding hydrogens is 753 g/mol. The SMILES string of the molecule is CCOC(=O)N1CC(C2CC3CCC(C2)N3CC[C@H](NC(C)=O)c2cccc(F)c2)c2nc(C)[nH]c2C1C1CC2CCC(C1)N2CC[C@H](NC(C)=O)c1cccc(F)c1. The van der Waals surface area contributed by atoms with E-state index in [1.165, 1.54) is 38.1 Å². The summed E-state index contributed by atoms with van der Waals surface area (Å²) in [5.41, 5.74) is 3.76. The Kier molecular flexibility index (Phi) is 12.4. The minimum absolute atomic E-state index is 0.0885. The molecule has 4 bridgehead atoms. The second-order valence-electron chi connectivity index (χ2n) is 17.9. The molecule has 8 rings (SSSR count). The van der Waals surface area contributed by atoms with Crippen LogP contribution in [0, 0.1) is 30.4 Å². The third kappa shape index (κ3) is 8.92. The first-order chi connectivity index (χ1) is 28.4. The second-order valence-corrected chi connectivity index (χ2v) is 17.9. The molecule has 13 heteroatoms. The molecule has 8 atom stereocenters. The molecule has 6 heterocycles. The van der Waals surface area contributed by atoms with Gasteiger partial charge in [-0.3, -0.25) is 24.3 Å². The van der Waals surface area contributed by atoms with Gasteiger partial charge in [0.2, 0.25) is 11.8 Å². The number of aromatic nitrogens is 2. The standard InChI is InChI=1S/C46H61F2N7O4/c1-5-59-46(58)55-26-40(32-22-36-12-13-37(23-32)53(36)18-16-41(51-28(3)56)30-8-6-10-34(47)20-30)43-44(50-27(2)49-43)45(55)33-24-38-14-15-39(25-33)54(38)19-17-42(52-29(4)57)31-9-7-11-35(48)21-31/h6-11,20-21,32-33,36-42,45H,5,12-19,22-26H2,1-4H3,(H,49,50)(H,51,56)(H,52,57)/t32?,33?,36?,37?,38?,39?,40?,41-,42-,45?/m0/s1. The normalized spacial score (nSPS) is 28.8. The van der Waals surface area contributed by atoms with Crippen molar-refractivity contribution in [1.29, 1.82) is 0 Å². The Bertz CT molecular complexity index is 1970. The molecule has 0 radical (unpaired) electrons. The van der Waals surface area contributed by atoms with Crippen molar-refractivity contribution in [3.63, 3.8) is 0 Å². The Hall–Kier alpha value is -4.36. The lowest BCUT2D eigenvalue weighted by Gasteiger charge is -2.49. The number of hydrogen-bond donors (Lipinski definition) is 3. The van der Waals surface area contributed by atoms with Gasteiger partial charge in [-0.2, -0.15) is 0 Å². The fourth-order valence-electron chi connectivity index (χ4n) is 11.9. The molecule has 0 aliphatic carbocycles. The Morgan fingerprint density at radius 1 is 0.797 bits per heavy atom. The van der Waals surface area contributed by atoms with E-state index < -0.39 is 0 Å². The first kappa shape index (κ1) is 41.4. The number of fused-ring (bicyclic) bond motifs is 5. The van der Waals surface area contributed by atoms with E-state index in [1.54, 1.807) is 12.1 Å². The number of H-pyrrole nitrogens is 1. The molecule has 5 aliphatic heterocycles. The summed E-state index contributed by atoms with van der Waals surface area (Å²) >= 11 is 0. The van der Waals surface area contributed by atoms with Gasteiger partial charge in [0.25, 0.3) is 0 Å². The van der Waals surface area contributed by atoms with Gasteiger partial charge in [0.15, 0.2) is 0 Å². The lowest BCUT2D eigenvalue weighted by molar-refractivity contribution is -0.120. The molecule has 5 aliphatic rings. The summed E-state index contributed by atoms with van der Waals surface area (Å²) in [5.74, 6) is 0.681. The summed E-state index contributed by atoms with van der Waals surface area (Å²) < 4.78 is 34.2. The molecule has 3 amide bonds. The fraction of sp³-hybridized carbons (Fsp3) is 0.609. The highest BCUT2D eigenvalue weighted by Crippen LogP contribution is 2.52. The number of rotatable bonds is 13. The van der Waals surface area contributed by atoms with Crippen LogP contribution in [0.1, 0.15) is 137 Å². The van der Waals surface area contributed by atoms with E-state index >= 15 is 0 Å². The van der Waals surface area contributed by atoms with Crippen molar-refractivity contribution in [3.05, 3.63) is 88.5 Å². The molecule has 0 saturated carbocycles. The molecule has 6 unspecified atom stereocenters. The summed E-state index contributed by atoms with van der Waals surface area (Å²) in [5, 5.41) is 6.11. The summed E-state index contributed by atoms with van der Waals surface area (Å²) in [6.45, 7) is 9.42. The smallest absolute Gasteiger partial charge is 0.410 e. The number of benzene rings is 2. The summed E-state index contributed by atoms with van der Waals surface area (Å²) in [7, 11) is 0. The number of aryl methyl sites for hydroxylation is 1. The number of imidazole rings is 1. The molecule has 1 aromatic heterocycles. The number of ether oxygens (including phenoxy) is 1. The molecule has 2 aromatic carbocycles. The Labute approximate surface area is 347 Å². The van der Waals surface area contributed by atoms with Crippen molar-refractivity contribution >= 4 is 17.9 Å². The summed E-state index contributed by atoms with van der Waals surface area (Å²) in [6.07, 6.45) is 9.45. The van der Waals surface area contributed by atoms with Crippen molar-refractivity contribution in [2.75, 3.05) is 26.2 Å². The first-order valence-electron chi connectivity index (χ1n) is 22.0. The Balaban J connectivity index is 0.976. The van der Waals surface area contributed by atoms with Crippen molar-refractivity contribution < 1.29 is 27.9 Å². The van der Waals surface area contributed by atoms with Gasteiger partial charge in [0.05, 0.1) is 36.1 Å². The largest absolute Gasteiger partial charge is 0.450 e. The van der Waals surface area contributed by atoms with E-state index in [0.29, 0.717) is 56.1 Å². The number of hydrogen-bond acceptors (Lipinski definition) is 7. The molecule has 318 valence electrons. The van der Waals surface area contributed by atoms with Crippen LogP contribution < -0.4 is 10.6 Å². The average Bonchev–Trinajstić information content (AvgIpc) is 3.78. The number of aromatic amines is 1. The average molecular weight is 814 g/mol. The van der Waals surface area contributed by atoms with Gasteiger partial charge in [-0.25, -0.2) is 18.6 Å². The predicted molar refractivity (Wildman–Crippen MR) is 220 cm³/mol. The topological polar surface area (TPSA) is 123 Å². The highest BCUT2D eigenvalue weighted by Gasteiger charge is 2.52. The number of piperidine rings is 2. The monoisotopic (exact) mass is 813 g/mol. The molecule has 59 heavy (non-hydrogen) atoms. The van der Waals surface area contributed by atoms with Crippen LogP contribution >= 0.6 is 0 Å². The van der Waals surface area contributed by atoms with Crippen LogP contribution in [-0.4, -0.2) is 93.0 Å². The third-order valence-corrected chi connectivity index (χ3v) is 14.2. The molecule has 4 fully saturated rings. The molecule has 3 N–H and O–H groups in total. The van der Waals surface area contributed by atoms with Crippen LogP contribution in [0.5, 0.6) is 0 Å². The van der Waals surface area contributed by atoms with Crippen molar-refractivity contribution in [2.45, 2.75) is 140 Å². The minimum atomic E-state index is -0.307. The molecule has 0 spiro atoms. The second kappa shape index (κ2) is 17.7. The van der Waals surface area contributed by atoms with Gasteiger partial charge in [0, 0.05) is 63.6 Å². The van der Waals surface area contributed by atoms with Crippen LogP contribution in [0.15, 0.2) is 48.5 Å². The van der Waals surface area contributed by atoms with Gasteiger partial charge in [-0.05, 0) is 125 Å². The van der Waals surface area contributed by atoms with Crippen LogP contribution in [-0.2, 0) is 14.3 Å². The highest BCUT2D eigenvalue weighted by atomic mass is 19.1. The zero-order valence-corrected chi connectivity index (χ0v) is 35.0. The third-order valence-electron chi connectivity index (χ3n) is 14.2. The zero-order chi connectivity index (χ0) is 41.4. The molecule has 4 saturated heterocycles. The Morgan fingerprint density at radius 3 is 1.75 bits per heavy atom. The van der Waals surface area contributed by atoms with Crippen molar-refractivity contribution in [1.82, 2.24) is 35.3 Å². The molecular formula is C46H61F2N7O4. The van der Waals surface area contributed by atoms with Gasteiger partial charge in [-0.15, -0.1) is 0 Å². The lowest BCUT2D eigenvalue weighted by atomic mass is 9.73. The Morgan fingerprint density at radius 2 is 1.29 bits per heavy atom. The van der Waals surface area contributed by atoms with Gasteiger partial charge in [0.1, 0.15) is 17.5 Å². The molecule has 11 nitrogen and oxygen atoms in total. The van der Waals surface area contributed by atoms with Crippen LogP contribution in [0.4, 0.5) is 13.6 Å². The van der Waals surface area contributed by atoms with E-state index in [4.69, 9.17) is 9.72 Å². The number of halogens is 2. The molecule has 3 aromatic rings. The first-order valence-corrected chi connectivity index (χ1v) is 22.0. The number of carbonyl (C=O) groups excluding carboxylic acids is 3. The van der Waals surface area contributed by atoms with Gasteiger partial charge in [-0.1, -0.05) is 24.3 Å². The number of nitrogens with one attached hydrogen (secondary N) is 3. The lowest BCUT2D eigenvalue weighted by Crippen LogP contribution is -2.52. The van der Waals surface area contributed by atoms with Crippen LogP contribution in [0.2, 0.25) is 0 Å². The summed E-state index contributed by atoms with van der Waals surface area (Å²) in [6, 6.07) is 13.9. The maximum atomic E-state index is 14.2. The highest BCUT2D eigenvalue weighted by molar-refractivity contribution is 5.74. The van der Waals surface area contributed by atoms with E-state index in [2.05, 4.69) is 25.4 Å². The number of nitrogens with zero attached hydrogens (tertiary/aromatic N) is 4. The van der Waals surface area contributed by atoms with Gasteiger partial charge >= 0.3 is 6.09 Å². The van der Waals surface area contributed by atoms with E-state index in [9.17, 15) is 23.2 Å². The quantitative estimate of drug-likeness (QED) is 0.162. The van der Waals surface area contributed by atoms with Gasteiger partial charge < -0.3 is 20.4 Å².